The zero-order valence-electron chi connectivity index (χ0n) is 30.3. The van der Waals surface area contributed by atoms with Crippen LogP contribution in [0.15, 0.2) is 58.3 Å². The van der Waals surface area contributed by atoms with Gasteiger partial charge in [0.25, 0.3) is 0 Å². The van der Waals surface area contributed by atoms with Crippen LogP contribution in [0.2, 0.25) is 0 Å². The molecule has 0 unspecified atom stereocenters. The Hall–Kier alpha value is -1.06. The number of carbonyl (C=O) groups is 2. The highest BCUT2D eigenvalue weighted by atomic mass is 33.1. The van der Waals surface area contributed by atoms with Gasteiger partial charge in [0, 0.05) is 35.4 Å². The van der Waals surface area contributed by atoms with E-state index < -0.39 is 26.5 Å². The van der Waals surface area contributed by atoms with Gasteiger partial charge in [-0.05, 0) is 63.5 Å². The van der Waals surface area contributed by atoms with Crippen LogP contribution >= 0.6 is 36.1 Å². The number of aromatic carboxylic acids is 2. The molecule has 4 nitrogen and oxygen atoms in total. The average molecular weight is 711 g/mol. The molecule has 0 fully saturated rings. The van der Waals surface area contributed by atoms with Crippen LogP contribution in [0.3, 0.4) is 0 Å². The van der Waals surface area contributed by atoms with E-state index in [0.29, 0.717) is 9.79 Å². The van der Waals surface area contributed by atoms with Crippen molar-refractivity contribution in [2.24, 2.45) is 0 Å². The molecular weight excluding hydrogens is 646 g/mol. The summed E-state index contributed by atoms with van der Waals surface area (Å²) in [6.07, 6.45) is 23.7. The van der Waals surface area contributed by atoms with Crippen molar-refractivity contribution >= 4 is 48.1 Å². The van der Waals surface area contributed by atoms with Gasteiger partial charge < -0.3 is 19.8 Å². The lowest BCUT2D eigenvalue weighted by Gasteiger charge is -2.26. The molecule has 8 heteroatoms. The van der Waals surface area contributed by atoms with Crippen LogP contribution in [0.4, 0.5) is 0 Å². The Kier molecular flexibility index (Phi) is 26.2. The summed E-state index contributed by atoms with van der Waals surface area (Å²) in [5.41, 5.74) is 0.159. The fourth-order valence-electron chi connectivity index (χ4n) is 6.64. The minimum Gasteiger partial charge on any atom is -0.545 e. The summed E-state index contributed by atoms with van der Waals surface area (Å²) in [6, 6.07) is 12.8. The van der Waals surface area contributed by atoms with Crippen LogP contribution in [0.25, 0.3) is 0 Å². The summed E-state index contributed by atoms with van der Waals surface area (Å²) in [6.45, 7) is 18.9. The van der Waals surface area contributed by atoms with E-state index in [1.807, 2.05) is 0 Å². The lowest BCUT2D eigenvalue weighted by atomic mass is 10.2. The van der Waals surface area contributed by atoms with E-state index >= 15 is 0 Å². The van der Waals surface area contributed by atoms with E-state index in [2.05, 4.69) is 55.4 Å². The molecule has 2 aromatic rings. The largest absolute Gasteiger partial charge is 0.545 e. The molecule has 0 radical (unpaired) electrons. The minimum atomic E-state index is -1.26. The molecular formula is C38H64O4P2S2. The quantitative estimate of drug-likeness (QED) is 0.0948. The molecule has 262 valence electrons. The maximum Gasteiger partial charge on any atom is 0.0726 e. The van der Waals surface area contributed by atoms with Crippen LogP contribution in [-0.4, -0.2) is 61.2 Å². The average Bonchev–Trinajstić information content (AvgIpc) is 3.02. The molecule has 46 heavy (non-hydrogen) atoms. The Morgan fingerprint density at radius 1 is 0.457 bits per heavy atom. The lowest BCUT2D eigenvalue weighted by Crippen LogP contribution is -2.23. The van der Waals surface area contributed by atoms with Crippen molar-refractivity contribution in [3.05, 3.63) is 59.7 Å². The number of carbonyl (C=O) groups excluding carboxylic acids is 2. The van der Waals surface area contributed by atoms with Crippen LogP contribution in [-0.2, 0) is 0 Å². The van der Waals surface area contributed by atoms with E-state index in [4.69, 9.17) is 0 Å². The second-order valence-corrected chi connectivity index (χ2v) is 23.4. The molecule has 0 saturated heterocycles. The van der Waals surface area contributed by atoms with E-state index in [1.54, 1.807) is 85.7 Å². The Morgan fingerprint density at radius 3 is 0.870 bits per heavy atom. The van der Waals surface area contributed by atoms with E-state index in [9.17, 15) is 19.8 Å². The first-order valence-electron chi connectivity index (χ1n) is 17.7. The summed E-state index contributed by atoms with van der Waals surface area (Å²) in [5.74, 6) is -2.52. The Bertz CT molecular complexity index is 951. The highest BCUT2D eigenvalue weighted by Crippen LogP contribution is 2.61. The first kappa shape index (κ1) is 44.9. The molecule has 0 N–H and O–H groups in total. The molecule has 0 amide bonds. The molecule has 0 aliphatic rings. The number of hydrogen-bond donors (Lipinski definition) is 0. The molecule has 0 bridgehead atoms. The van der Waals surface area contributed by atoms with Gasteiger partial charge in [0.15, 0.2) is 0 Å². The van der Waals surface area contributed by atoms with Gasteiger partial charge in [0.05, 0.1) is 61.2 Å². The van der Waals surface area contributed by atoms with Crippen molar-refractivity contribution in [3.8, 4) is 0 Å². The third-order valence-corrected chi connectivity index (χ3v) is 21.7. The normalized spacial score (nSPS) is 11.2. The second kappa shape index (κ2) is 26.8. The lowest BCUT2D eigenvalue weighted by molar-refractivity contribution is -0.256. The molecule has 2 rings (SSSR count). The minimum absolute atomic E-state index is 0.0796. The van der Waals surface area contributed by atoms with Crippen LogP contribution in [0.5, 0.6) is 0 Å². The SMILES string of the molecule is CCC[P+](CCC)(CCC)CCC.CCC[P+](CCC)(CCC)CCC.O=C([O-])c1ccccc1SSc1ccccc1C(=O)[O-]. The molecule has 0 spiro atoms. The van der Waals surface area contributed by atoms with Gasteiger partial charge in [-0.15, -0.1) is 0 Å². The topological polar surface area (TPSA) is 80.3 Å². The van der Waals surface area contributed by atoms with Gasteiger partial charge in [-0.25, -0.2) is 0 Å². The number of benzene rings is 2. The number of rotatable bonds is 21. The molecule has 0 aromatic heterocycles. The monoisotopic (exact) mass is 710 g/mol. The van der Waals surface area contributed by atoms with Crippen molar-refractivity contribution in [1.82, 2.24) is 0 Å². The smallest absolute Gasteiger partial charge is 0.0726 e. The zero-order valence-corrected chi connectivity index (χ0v) is 33.7. The first-order chi connectivity index (χ1) is 22.1. The van der Waals surface area contributed by atoms with Crippen LogP contribution < -0.4 is 10.2 Å². The predicted molar refractivity (Wildman–Crippen MR) is 208 cm³/mol. The van der Waals surface area contributed by atoms with E-state index in [1.165, 1.54) is 63.5 Å². The standard InChI is InChI=1S/C14H10O4S2.2C12H28P/c15-13(16)9-5-1-3-7-11(9)19-20-12-8-4-2-6-10(12)14(17)18;2*1-5-9-13(10-6-2,11-7-3)12-8-4/h1-8H,(H,15,16)(H,17,18);2*5-12H2,1-4H3/q;2*+1/p-2. The van der Waals surface area contributed by atoms with Crippen molar-refractivity contribution < 1.29 is 19.8 Å². The molecule has 0 aliphatic heterocycles. The fourth-order valence-corrected chi connectivity index (χ4v) is 19.3. The van der Waals surface area contributed by atoms with Crippen molar-refractivity contribution in [2.45, 2.75) is 117 Å². The third kappa shape index (κ3) is 17.4. The fraction of sp³-hybridized carbons (Fsp3) is 0.632. The second-order valence-electron chi connectivity index (χ2n) is 12.2. The van der Waals surface area contributed by atoms with Gasteiger partial charge in [0.2, 0.25) is 0 Å². The molecule has 0 aliphatic carbocycles. The van der Waals surface area contributed by atoms with Crippen LogP contribution in [0.1, 0.15) is 127 Å². The summed E-state index contributed by atoms with van der Waals surface area (Å²) in [5, 5.41) is 21.9. The van der Waals surface area contributed by atoms with Gasteiger partial charge in [-0.3, -0.25) is 0 Å². The Morgan fingerprint density at radius 2 is 0.674 bits per heavy atom. The molecule has 0 saturated carbocycles. The Labute approximate surface area is 292 Å². The Balaban J connectivity index is 0.000000691. The van der Waals surface area contributed by atoms with Gasteiger partial charge in [-0.2, -0.15) is 0 Å². The summed E-state index contributed by atoms with van der Waals surface area (Å²) in [4.78, 5) is 23.0. The van der Waals surface area contributed by atoms with Crippen LogP contribution in [0, 0.1) is 0 Å². The maximum absolute atomic E-state index is 11.0. The third-order valence-electron chi connectivity index (χ3n) is 8.02. The van der Waals surface area contributed by atoms with Crippen molar-refractivity contribution in [1.29, 1.82) is 0 Å². The van der Waals surface area contributed by atoms with Crippen molar-refractivity contribution in [2.75, 3.05) is 49.3 Å². The highest BCUT2D eigenvalue weighted by molar-refractivity contribution is 8.76. The van der Waals surface area contributed by atoms with Gasteiger partial charge in [-0.1, -0.05) is 113 Å². The van der Waals surface area contributed by atoms with Crippen molar-refractivity contribution in [3.63, 3.8) is 0 Å². The summed E-state index contributed by atoms with van der Waals surface area (Å²) >= 11 is 0. The van der Waals surface area contributed by atoms with Gasteiger partial charge >= 0.3 is 0 Å². The number of carboxylic acids is 2. The summed E-state index contributed by atoms with van der Waals surface area (Å²) < 4.78 is 0. The molecule has 0 atom stereocenters. The zero-order chi connectivity index (χ0) is 34.8. The van der Waals surface area contributed by atoms with Gasteiger partial charge in [0.1, 0.15) is 0 Å². The number of hydrogen-bond acceptors (Lipinski definition) is 6. The number of carboxylic acid groups (broad SMARTS) is 2. The first-order valence-corrected chi connectivity index (χ1v) is 24.9. The molecule has 2 aromatic carbocycles. The molecule has 0 heterocycles. The predicted octanol–water partition coefficient (Wildman–Crippen LogP) is 10.5. The maximum atomic E-state index is 11.0. The van der Waals surface area contributed by atoms with E-state index in [0.717, 1.165) is 21.6 Å². The summed E-state index contributed by atoms with van der Waals surface area (Å²) in [7, 11) is 1.34. The highest BCUT2D eigenvalue weighted by Gasteiger charge is 2.33. The van der Waals surface area contributed by atoms with E-state index in [-0.39, 0.29) is 11.1 Å².